The van der Waals surface area contributed by atoms with Gasteiger partial charge in [-0.1, -0.05) is 28.1 Å². The molecule has 0 radical (unpaired) electrons. The van der Waals surface area contributed by atoms with Gasteiger partial charge in [-0.15, -0.1) is 0 Å². The lowest BCUT2D eigenvalue weighted by atomic mass is 10.1. The number of carbonyl (C=O) groups is 2. The first-order valence-electron chi connectivity index (χ1n) is 7.17. The van der Waals surface area contributed by atoms with Gasteiger partial charge >= 0.3 is 5.97 Å². The van der Waals surface area contributed by atoms with Crippen molar-refractivity contribution in [2.75, 3.05) is 0 Å². The monoisotopic (exact) mass is 388 g/mol. The maximum Gasteiger partial charge on any atom is 0.344 e. The number of aliphatic carboxylic acids is 1. The van der Waals surface area contributed by atoms with Crippen molar-refractivity contribution >= 4 is 33.8 Å². The molecule has 1 atom stereocenters. The molecule has 5 nitrogen and oxygen atoms in total. The predicted octanol–water partition coefficient (Wildman–Crippen LogP) is 3.92. The van der Waals surface area contributed by atoms with E-state index in [1.165, 1.54) is 13.0 Å². The van der Waals surface area contributed by atoms with Gasteiger partial charge in [-0.2, -0.15) is 0 Å². The third-order valence-electron chi connectivity index (χ3n) is 3.47. The van der Waals surface area contributed by atoms with Crippen LogP contribution in [0.15, 0.2) is 52.7 Å². The number of ketones is 1. The Morgan fingerprint density at radius 1 is 1.25 bits per heavy atom. The largest absolute Gasteiger partial charge is 0.479 e. The molecular weight excluding hydrogens is 376 g/mol. The standard InChI is InChI=1S/C18H13BrO5/c1-10(18(21)22)23-13-6-7-14-15(9-13)24-16(17(14)20)8-11-2-4-12(19)5-3-11/h2-10H,1H3,(H,21,22)/b16-8-/t10-/m1/s1. The van der Waals surface area contributed by atoms with Crippen molar-refractivity contribution in [3.05, 3.63) is 63.8 Å². The molecule has 0 aromatic heterocycles. The Morgan fingerprint density at radius 3 is 2.62 bits per heavy atom. The van der Waals surface area contributed by atoms with Crippen molar-refractivity contribution in [2.45, 2.75) is 13.0 Å². The lowest BCUT2D eigenvalue weighted by molar-refractivity contribution is -0.144. The van der Waals surface area contributed by atoms with E-state index in [-0.39, 0.29) is 11.5 Å². The van der Waals surface area contributed by atoms with Gasteiger partial charge in [0.15, 0.2) is 11.9 Å². The maximum absolute atomic E-state index is 12.4. The molecule has 2 aromatic rings. The minimum Gasteiger partial charge on any atom is -0.479 e. The SMILES string of the molecule is C[C@@H](Oc1ccc2c(c1)O/C(=C\c1ccc(Br)cc1)C2=O)C(=O)O. The van der Waals surface area contributed by atoms with Crippen LogP contribution in [0.1, 0.15) is 22.8 Å². The zero-order valence-electron chi connectivity index (χ0n) is 12.7. The van der Waals surface area contributed by atoms with E-state index in [4.69, 9.17) is 14.6 Å². The Bertz CT molecular complexity index is 839. The number of halogens is 1. The molecule has 0 aliphatic carbocycles. The van der Waals surface area contributed by atoms with Crippen LogP contribution in [0.3, 0.4) is 0 Å². The Balaban J connectivity index is 1.84. The molecule has 0 saturated heterocycles. The first-order valence-corrected chi connectivity index (χ1v) is 7.96. The molecule has 0 amide bonds. The highest BCUT2D eigenvalue weighted by molar-refractivity contribution is 9.10. The Morgan fingerprint density at radius 2 is 1.96 bits per heavy atom. The Labute approximate surface area is 146 Å². The van der Waals surface area contributed by atoms with Crippen molar-refractivity contribution in [1.29, 1.82) is 0 Å². The normalized spacial score (nSPS) is 15.8. The van der Waals surface area contributed by atoms with E-state index in [0.717, 1.165) is 10.0 Å². The first kappa shape index (κ1) is 16.3. The van der Waals surface area contributed by atoms with Crippen molar-refractivity contribution in [1.82, 2.24) is 0 Å². The van der Waals surface area contributed by atoms with E-state index in [1.807, 2.05) is 24.3 Å². The molecule has 3 rings (SSSR count). The molecule has 0 fully saturated rings. The summed E-state index contributed by atoms with van der Waals surface area (Å²) in [7, 11) is 0. The van der Waals surface area contributed by atoms with Gasteiger partial charge in [-0.25, -0.2) is 4.79 Å². The number of benzene rings is 2. The van der Waals surface area contributed by atoms with E-state index in [9.17, 15) is 9.59 Å². The summed E-state index contributed by atoms with van der Waals surface area (Å²) in [6, 6.07) is 12.1. The quantitative estimate of drug-likeness (QED) is 0.803. The summed E-state index contributed by atoms with van der Waals surface area (Å²) < 4.78 is 11.8. The van der Waals surface area contributed by atoms with Gasteiger partial charge in [0.2, 0.25) is 5.78 Å². The fraction of sp³-hybridized carbons (Fsp3) is 0.111. The summed E-state index contributed by atoms with van der Waals surface area (Å²) in [5, 5.41) is 8.88. The molecule has 1 aliphatic heterocycles. The second kappa shape index (κ2) is 6.49. The summed E-state index contributed by atoms with van der Waals surface area (Å²) >= 11 is 3.36. The number of Topliss-reactive ketones (excluding diaryl/α,β-unsaturated/α-hetero) is 1. The number of hydrogen-bond acceptors (Lipinski definition) is 4. The van der Waals surface area contributed by atoms with Crippen molar-refractivity contribution in [3.8, 4) is 11.5 Å². The molecule has 1 heterocycles. The average Bonchev–Trinajstić information content (AvgIpc) is 2.85. The molecule has 0 unspecified atom stereocenters. The fourth-order valence-electron chi connectivity index (χ4n) is 2.21. The van der Waals surface area contributed by atoms with Crippen LogP contribution >= 0.6 is 15.9 Å². The summed E-state index contributed by atoms with van der Waals surface area (Å²) in [5.74, 6) is -0.371. The predicted molar refractivity (Wildman–Crippen MR) is 91.2 cm³/mol. The fourth-order valence-corrected chi connectivity index (χ4v) is 2.47. The highest BCUT2D eigenvalue weighted by atomic mass is 79.9. The summed E-state index contributed by atoms with van der Waals surface area (Å²) in [5.41, 5.74) is 1.26. The lowest BCUT2D eigenvalue weighted by Crippen LogP contribution is -2.22. The molecule has 6 heteroatoms. The Hall–Kier alpha value is -2.60. The van der Waals surface area contributed by atoms with E-state index < -0.39 is 12.1 Å². The van der Waals surface area contributed by atoms with Gasteiger partial charge in [0, 0.05) is 10.5 Å². The van der Waals surface area contributed by atoms with Gasteiger partial charge in [0.1, 0.15) is 11.5 Å². The van der Waals surface area contributed by atoms with E-state index in [1.54, 1.807) is 18.2 Å². The van der Waals surface area contributed by atoms with Gasteiger partial charge in [0.05, 0.1) is 5.56 Å². The second-order valence-electron chi connectivity index (χ2n) is 5.25. The summed E-state index contributed by atoms with van der Waals surface area (Å²) in [6.45, 7) is 1.43. The molecule has 1 aliphatic rings. The summed E-state index contributed by atoms with van der Waals surface area (Å²) in [4.78, 5) is 23.2. The number of carboxylic acid groups (broad SMARTS) is 1. The second-order valence-corrected chi connectivity index (χ2v) is 6.16. The van der Waals surface area contributed by atoms with Crippen LogP contribution < -0.4 is 9.47 Å². The number of allylic oxidation sites excluding steroid dienone is 1. The molecule has 0 bridgehead atoms. The van der Waals surface area contributed by atoms with Gasteiger partial charge in [0.25, 0.3) is 0 Å². The van der Waals surface area contributed by atoms with Crippen LogP contribution in [0.25, 0.3) is 6.08 Å². The molecule has 0 saturated carbocycles. The molecule has 24 heavy (non-hydrogen) atoms. The zero-order valence-corrected chi connectivity index (χ0v) is 14.2. The topological polar surface area (TPSA) is 72.8 Å². The number of carboxylic acids is 1. The third kappa shape index (κ3) is 3.33. The molecule has 122 valence electrons. The van der Waals surface area contributed by atoms with Crippen molar-refractivity contribution < 1.29 is 24.2 Å². The van der Waals surface area contributed by atoms with Crippen molar-refractivity contribution in [3.63, 3.8) is 0 Å². The highest BCUT2D eigenvalue weighted by Crippen LogP contribution is 2.35. The van der Waals surface area contributed by atoms with E-state index in [0.29, 0.717) is 17.1 Å². The smallest absolute Gasteiger partial charge is 0.344 e. The van der Waals surface area contributed by atoms with Crippen molar-refractivity contribution in [2.24, 2.45) is 0 Å². The third-order valence-corrected chi connectivity index (χ3v) is 4.00. The van der Waals surface area contributed by atoms with Crippen LogP contribution in [-0.4, -0.2) is 23.0 Å². The molecule has 2 aromatic carbocycles. The first-order chi connectivity index (χ1) is 11.4. The zero-order chi connectivity index (χ0) is 17.3. The van der Waals surface area contributed by atoms with Crippen LogP contribution in [-0.2, 0) is 4.79 Å². The number of ether oxygens (including phenoxy) is 2. The molecule has 1 N–H and O–H groups in total. The number of fused-ring (bicyclic) bond motifs is 1. The number of rotatable bonds is 4. The van der Waals surface area contributed by atoms with Crippen LogP contribution in [0.2, 0.25) is 0 Å². The van der Waals surface area contributed by atoms with E-state index >= 15 is 0 Å². The van der Waals surface area contributed by atoms with Crippen LogP contribution in [0.5, 0.6) is 11.5 Å². The minimum atomic E-state index is -1.07. The van der Waals surface area contributed by atoms with Gasteiger partial charge in [-0.3, -0.25) is 4.79 Å². The van der Waals surface area contributed by atoms with E-state index in [2.05, 4.69) is 15.9 Å². The average molecular weight is 389 g/mol. The minimum absolute atomic E-state index is 0.217. The van der Waals surface area contributed by atoms with Gasteiger partial charge in [-0.05, 0) is 42.8 Å². The van der Waals surface area contributed by atoms with Crippen LogP contribution in [0, 0.1) is 0 Å². The van der Waals surface area contributed by atoms with Crippen LogP contribution in [0.4, 0.5) is 0 Å². The Kier molecular flexibility index (Phi) is 4.40. The summed E-state index contributed by atoms with van der Waals surface area (Å²) in [6.07, 6.45) is 0.674. The lowest BCUT2D eigenvalue weighted by Gasteiger charge is -2.10. The molecule has 0 spiro atoms. The van der Waals surface area contributed by atoms with Gasteiger partial charge < -0.3 is 14.6 Å². The maximum atomic E-state index is 12.4. The number of carbonyl (C=O) groups excluding carboxylic acids is 1. The number of hydrogen-bond donors (Lipinski definition) is 1. The molecular formula is C18H13BrO5. The highest BCUT2D eigenvalue weighted by Gasteiger charge is 2.28.